The average molecular weight is 609 g/mol. The average Bonchev–Trinajstić information content (AvgIpc) is 3.72. The Morgan fingerprint density at radius 1 is 0.271 bits per heavy atom. The van der Waals surface area contributed by atoms with Crippen LogP contribution in [0.25, 0.3) is 109 Å². The molecule has 2 heteroatoms. The maximum absolute atomic E-state index is 3.88. The quantitative estimate of drug-likeness (QED) is 0.145. The number of rotatable bonds is 2. The van der Waals surface area contributed by atoms with E-state index in [-0.39, 0.29) is 0 Å². The van der Waals surface area contributed by atoms with Crippen molar-refractivity contribution in [1.29, 1.82) is 0 Å². The monoisotopic (exact) mass is 608 g/mol. The van der Waals surface area contributed by atoms with E-state index in [0.717, 1.165) is 11.0 Å². The van der Waals surface area contributed by atoms with E-state index in [4.69, 9.17) is 0 Å². The molecule has 0 amide bonds. The molecule has 0 aliphatic heterocycles. The normalized spacial score (nSPS) is 12.2. The van der Waals surface area contributed by atoms with Gasteiger partial charge < -0.3 is 9.97 Å². The molecule has 222 valence electrons. The van der Waals surface area contributed by atoms with Gasteiger partial charge in [-0.15, -0.1) is 0 Å². The predicted molar refractivity (Wildman–Crippen MR) is 206 cm³/mol. The molecule has 2 heterocycles. The molecular formula is C46H28N2. The number of aromatic amines is 2. The molecule has 0 atom stereocenters. The highest BCUT2D eigenvalue weighted by atomic mass is 14.7. The van der Waals surface area contributed by atoms with Crippen LogP contribution in [0.3, 0.4) is 0 Å². The Bertz CT molecular complexity index is 3060. The summed E-state index contributed by atoms with van der Waals surface area (Å²) < 4.78 is 0. The third-order valence-corrected chi connectivity index (χ3v) is 10.5. The van der Waals surface area contributed by atoms with E-state index in [1.807, 2.05) is 0 Å². The molecule has 11 aromatic rings. The van der Waals surface area contributed by atoms with Gasteiger partial charge in [-0.1, -0.05) is 133 Å². The highest BCUT2D eigenvalue weighted by molar-refractivity contribution is 6.32. The minimum absolute atomic E-state index is 1.16. The summed E-state index contributed by atoms with van der Waals surface area (Å²) in [5.74, 6) is 0. The molecule has 11 rings (SSSR count). The Balaban J connectivity index is 1.21. The van der Waals surface area contributed by atoms with Crippen molar-refractivity contribution >= 4 is 86.7 Å². The largest absolute Gasteiger partial charge is 0.355 e. The highest BCUT2D eigenvalue weighted by Crippen LogP contribution is 2.46. The lowest BCUT2D eigenvalue weighted by Gasteiger charge is -2.18. The molecule has 48 heavy (non-hydrogen) atoms. The molecule has 0 saturated carbocycles. The van der Waals surface area contributed by atoms with Gasteiger partial charge in [-0.3, -0.25) is 0 Å². The first kappa shape index (κ1) is 25.8. The van der Waals surface area contributed by atoms with E-state index < -0.39 is 0 Å². The lowest BCUT2D eigenvalue weighted by Crippen LogP contribution is -1.91. The Morgan fingerprint density at radius 2 is 0.750 bits per heavy atom. The summed E-state index contributed by atoms with van der Waals surface area (Å²) in [6.07, 6.45) is 0. The van der Waals surface area contributed by atoms with Gasteiger partial charge in [0.1, 0.15) is 0 Å². The van der Waals surface area contributed by atoms with Gasteiger partial charge in [-0.25, -0.2) is 0 Å². The van der Waals surface area contributed by atoms with Crippen LogP contribution >= 0.6 is 0 Å². The van der Waals surface area contributed by atoms with Crippen molar-refractivity contribution in [2.75, 3.05) is 0 Å². The van der Waals surface area contributed by atoms with Crippen molar-refractivity contribution in [3.05, 3.63) is 158 Å². The number of benzene rings is 9. The number of hydrogen-bond donors (Lipinski definition) is 2. The summed E-state index contributed by atoms with van der Waals surface area (Å²) in [5, 5.41) is 15.2. The fraction of sp³-hybridized carbons (Fsp3) is 0. The first-order valence-electron chi connectivity index (χ1n) is 16.6. The zero-order valence-electron chi connectivity index (χ0n) is 26.0. The summed E-state index contributed by atoms with van der Waals surface area (Å²) in [4.78, 5) is 7.48. The zero-order chi connectivity index (χ0) is 31.3. The molecule has 0 spiro atoms. The minimum atomic E-state index is 1.16. The van der Waals surface area contributed by atoms with Crippen LogP contribution in [0.15, 0.2) is 158 Å². The molecule has 2 nitrogen and oxygen atoms in total. The third-order valence-electron chi connectivity index (χ3n) is 10.5. The Kier molecular flexibility index (Phi) is 5.14. The Hall–Kier alpha value is -6.38. The van der Waals surface area contributed by atoms with Crippen LogP contribution in [0.5, 0.6) is 0 Å². The molecule has 0 aliphatic carbocycles. The highest BCUT2D eigenvalue weighted by Gasteiger charge is 2.19. The fourth-order valence-corrected chi connectivity index (χ4v) is 8.46. The van der Waals surface area contributed by atoms with E-state index in [0.29, 0.717) is 0 Å². The van der Waals surface area contributed by atoms with Crippen LogP contribution in [0, 0.1) is 0 Å². The van der Waals surface area contributed by atoms with Crippen LogP contribution in [-0.4, -0.2) is 9.97 Å². The Morgan fingerprint density at radius 3 is 1.42 bits per heavy atom. The lowest BCUT2D eigenvalue weighted by molar-refractivity contribution is 1.55. The van der Waals surface area contributed by atoms with Gasteiger partial charge >= 0.3 is 0 Å². The van der Waals surface area contributed by atoms with Crippen molar-refractivity contribution < 1.29 is 0 Å². The van der Waals surface area contributed by atoms with E-state index in [1.165, 1.54) is 97.9 Å². The number of nitrogens with one attached hydrogen (secondary N) is 2. The summed E-state index contributed by atoms with van der Waals surface area (Å²) >= 11 is 0. The molecule has 2 aromatic heterocycles. The number of H-pyrrole nitrogens is 2. The van der Waals surface area contributed by atoms with Crippen molar-refractivity contribution in [2.45, 2.75) is 0 Å². The maximum Gasteiger partial charge on any atom is 0.0551 e. The van der Waals surface area contributed by atoms with E-state index in [9.17, 15) is 0 Å². The first-order valence-corrected chi connectivity index (χ1v) is 16.6. The van der Waals surface area contributed by atoms with Crippen LogP contribution in [0.1, 0.15) is 0 Å². The van der Waals surface area contributed by atoms with Gasteiger partial charge in [0.2, 0.25) is 0 Å². The number of aromatic nitrogens is 2. The van der Waals surface area contributed by atoms with Crippen molar-refractivity contribution in [2.24, 2.45) is 0 Å². The summed E-state index contributed by atoms with van der Waals surface area (Å²) in [6, 6.07) is 57.9. The molecule has 2 N–H and O–H groups in total. The lowest BCUT2D eigenvalue weighted by atomic mass is 9.85. The van der Waals surface area contributed by atoms with Gasteiger partial charge in [0.15, 0.2) is 0 Å². The summed E-state index contributed by atoms with van der Waals surface area (Å²) in [6.45, 7) is 0. The van der Waals surface area contributed by atoms with Crippen molar-refractivity contribution in [3.63, 3.8) is 0 Å². The van der Waals surface area contributed by atoms with E-state index in [2.05, 4.69) is 168 Å². The zero-order valence-corrected chi connectivity index (χ0v) is 26.0. The SMILES string of the molecule is c1ccc2c(c1)[nH]c1ccc(-c3c4ccccc4c(-c4ccc5c(c4)[nH]c4c6ccccc6c6ccccc6c54)c4ccccc34)cc12. The number of para-hydroxylation sites is 1. The van der Waals surface area contributed by atoms with Gasteiger partial charge in [-0.05, 0) is 84.2 Å². The Labute approximate surface area is 275 Å². The molecule has 9 aromatic carbocycles. The summed E-state index contributed by atoms with van der Waals surface area (Å²) in [5.41, 5.74) is 9.69. The molecule has 0 aliphatic rings. The van der Waals surface area contributed by atoms with Gasteiger partial charge in [0.05, 0.1) is 5.52 Å². The first-order chi connectivity index (χ1) is 23.8. The van der Waals surface area contributed by atoms with Gasteiger partial charge in [0.25, 0.3) is 0 Å². The van der Waals surface area contributed by atoms with Crippen LogP contribution in [-0.2, 0) is 0 Å². The van der Waals surface area contributed by atoms with Crippen molar-refractivity contribution in [1.82, 2.24) is 9.97 Å². The molecule has 0 fully saturated rings. The number of hydrogen-bond acceptors (Lipinski definition) is 0. The third kappa shape index (κ3) is 3.46. The minimum Gasteiger partial charge on any atom is -0.355 e. The van der Waals surface area contributed by atoms with Gasteiger partial charge in [0, 0.05) is 43.5 Å². The molecule has 0 saturated heterocycles. The molecular weight excluding hydrogens is 581 g/mol. The summed E-state index contributed by atoms with van der Waals surface area (Å²) in [7, 11) is 0. The topological polar surface area (TPSA) is 31.6 Å². The molecule has 0 bridgehead atoms. The predicted octanol–water partition coefficient (Wildman–Crippen LogP) is 12.9. The van der Waals surface area contributed by atoms with E-state index in [1.54, 1.807) is 0 Å². The second-order valence-electron chi connectivity index (χ2n) is 13.0. The second kappa shape index (κ2) is 9.57. The van der Waals surface area contributed by atoms with Gasteiger partial charge in [-0.2, -0.15) is 0 Å². The van der Waals surface area contributed by atoms with Crippen molar-refractivity contribution in [3.8, 4) is 22.3 Å². The fourth-order valence-electron chi connectivity index (χ4n) is 8.46. The molecule has 0 radical (unpaired) electrons. The molecule has 0 unspecified atom stereocenters. The standard InChI is InChI=1S/C46H28N2/c1-3-14-32-29(11-1)30-12-2-8-19-37(30)46-45(32)38-23-21-28(26-42(38)48-46)44-35-17-6-4-15-33(35)43(34-16-5-7-18-36(34)44)27-22-24-41-39(25-27)31-13-9-10-20-40(31)47-41/h1-26,47-48H. The van der Waals surface area contributed by atoms with Crippen LogP contribution in [0.4, 0.5) is 0 Å². The van der Waals surface area contributed by atoms with E-state index >= 15 is 0 Å². The van der Waals surface area contributed by atoms with Crippen LogP contribution < -0.4 is 0 Å². The smallest absolute Gasteiger partial charge is 0.0551 e. The maximum atomic E-state index is 3.88. The van der Waals surface area contributed by atoms with Crippen LogP contribution in [0.2, 0.25) is 0 Å². The number of fused-ring (bicyclic) bond motifs is 13. The second-order valence-corrected chi connectivity index (χ2v) is 13.0.